The molecule has 0 aromatic carbocycles. The molecule has 1 saturated carbocycles. The first kappa shape index (κ1) is 18.0. The maximum absolute atomic E-state index is 12.5. The Balaban J connectivity index is 1.78. The first-order valence-electron chi connectivity index (χ1n) is 8.71. The molecule has 2 aliphatic rings. The third kappa shape index (κ3) is 4.83. The summed E-state index contributed by atoms with van der Waals surface area (Å²) in [6, 6.07) is 0.489. The number of amides is 2. The van der Waals surface area contributed by atoms with Gasteiger partial charge >= 0.3 is 12.0 Å². The van der Waals surface area contributed by atoms with Crippen molar-refractivity contribution in [3.63, 3.8) is 0 Å². The highest BCUT2D eigenvalue weighted by Crippen LogP contribution is 2.32. The molecule has 2 rings (SSSR count). The Kier molecular flexibility index (Phi) is 5.55. The predicted molar refractivity (Wildman–Crippen MR) is 89.4 cm³/mol. The molecule has 0 spiro atoms. The Morgan fingerprint density at radius 1 is 1.35 bits per heavy atom. The lowest BCUT2D eigenvalue weighted by atomic mass is 9.79. The molecule has 0 aromatic heterocycles. The summed E-state index contributed by atoms with van der Waals surface area (Å²) in [5.74, 6) is -0.256. The fraction of sp³-hybridized carbons (Fsp3) is 0.882. The number of likely N-dealkylation sites (tertiary alicyclic amines) is 1. The van der Waals surface area contributed by atoms with Crippen LogP contribution in [0, 0.1) is 11.3 Å². The SMILES string of the molecule is CCN(CC(=O)O)C1CC(NC(=O)N2CC(C)CC(C)(C)C2)C1. The highest BCUT2D eigenvalue weighted by atomic mass is 16.4. The fourth-order valence-electron chi connectivity index (χ4n) is 4.13. The summed E-state index contributed by atoms with van der Waals surface area (Å²) >= 11 is 0. The van der Waals surface area contributed by atoms with E-state index in [0.29, 0.717) is 5.92 Å². The van der Waals surface area contributed by atoms with Gasteiger partial charge in [0.25, 0.3) is 0 Å². The first-order chi connectivity index (χ1) is 10.7. The number of carboxylic acids is 1. The summed E-state index contributed by atoms with van der Waals surface area (Å²) in [5.41, 5.74) is 0.178. The lowest BCUT2D eigenvalue weighted by molar-refractivity contribution is -0.139. The van der Waals surface area contributed by atoms with Gasteiger partial charge in [-0.1, -0.05) is 27.7 Å². The molecule has 0 aromatic rings. The van der Waals surface area contributed by atoms with Gasteiger partial charge in [0.2, 0.25) is 0 Å². The molecule has 132 valence electrons. The number of urea groups is 1. The van der Waals surface area contributed by atoms with Crippen LogP contribution in [0.25, 0.3) is 0 Å². The number of hydrogen-bond acceptors (Lipinski definition) is 3. The van der Waals surface area contributed by atoms with Gasteiger partial charge in [0.1, 0.15) is 0 Å². The zero-order chi connectivity index (χ0) is 17.2. The maximum atomic E-state index is 12.5. The summed E-state index contributed by atoms with van der Waals surface area (Å²) in [4.78, 5) is 27.2. The number of rotatable bonds is 5. The van der Waals surface area contributed by atoms with E-state index in [1.54, 1.807) is 0 Å². The van der Waals surface area contributed by atoms with Crippen LogP contribution in [0.5, 0.6) is 0 Å². The van der Waals surface area contributed by atoms with Crippen molar-refractivity contribution in [2.24, 2.45) is 11.3 Å². The lowest BCUT2D eigenvalue weighted by Gasteiger charge is -2.45. The standard InChI is InChI=1S/C17H31N3O3/c1-5-19(10-15(21)22)14-6-13(7-14)18-16(23)20-9-12(2)8-17(3,4)11-20/h12-14H,5-11H2,1-4H3,(H,18,23)(H,21,22). The van der Waals surface area contributed by atoms with Crippen LogP contribution >= 0.6 is 0 Å². The van der Waals surface area contributed by atoms with E-state index < -0.39 is 5.97 Å². The van der Waals surface area contributed by atoms with Crippen LogP contribution in [0.1, 0.15) is 47.0 Å². The molecule has 0 radical (unpaired) electrons. The number of likely N-dealkylation sites (N-methyl/N-ethyl adjacent to an activating group) is 1. The summed E-state index contributed by atoms with van der Waals surface area (Å²) in [7, 11) is 0. The largest absolute Gasteiger partial charge is 0.480 e. The Morgan fingerprint density at radius 2 is 2.00 bits per heavy atom. The van der Waals surface area contributed by atoms with Crippen LogP contribution in [0.15, 0.2) is 0 Å². The van der Waals surface area contributed by atoms with Gasteiger partial charge in [-0.25, -0.2) is 4.79 Å². The van der Waals surface area contributed by atoms with Crippen LogP contribution < -0.4 is 5.32 Å². The molecule has 1 heterocycles. The van der Waals surface area contributed by atoms with E-state index in [-0.39, 0.29) is 30.1 Å². The molecule has 2 amide bonds. The Morgan fingerprint density at radius 3 is 2.52 bits per heavy atom. The minimum atomic E-state index is -0.788. The predicted octanol–water partition coefficient (Wildman–Crippen LogP) is 2.00. The van der Waals surface area contributed by atoms with Crippen LogP contribution in [0.2, 0.25) is 0 Å². The molecule has 1 unspecified atom stereocenters. The van der Waals surface area contributed by atoms with Crippen molar-refractivity contribution < 1.29 is 14.7 Å². The number of carbonyl (C=O) groups excluding carboxylic acids is 1. The maximum Gasteiger partial charge on any atom is 0.317 e. The van der Waals surface area contributed by atoms with E-state index >= 15 is 0 Å². The van der Waals surface area contributed by atoms with Gasteiger partial charge in [-0.05, 0) is 37.1 Å². The molecule has 2 N–H and O–H groups in total. The van der Waals surface area contributed by atoms with Gasteiger partial charge < -0.3 is 15.3 Å². The molecule has 1 aliphatic carbocycles. The van der Waals surface area contributed by atoms with E-state index in [4.69, 9.17) is 5.11 Å². The van der Waals surface area contributed by atoms with Crippen molar-refractivity contribution >= 4 is 12.0 Å². The van der Waals surface area contributed by atoms with Gasteiger partial charge in [0.05, 0.1) is 6.54 Å². The van der Waals surface area contributed by atoms with Gasteiger partial charge in [0, 0.05) is 25.2 Å². The molecular formula is C17H31N3O3. The normalized spacial score (nSPS) is 30.0. The topological polar surface area (TPSA) is 72.9 Å². The molecule has 2 fully saturated rings. The van der Waals surface area contributed by atoms with Crippen molar-refractivity contribution in [3.8, 4) is 0 Å². The minimum Gasteiger partial charge on any atom is -0.480 e. The number of nitrogens with one attached hydrogen (secondary N) is 1. The molecule has 1 aliphatic heterocycles. The summed E-state index contributed by atoms with van der Waals surface area (Å²) in [6.07, 6.45) is 2.85. The number of carbonyl (C=O) groups is 2. The number of hydrogen-bond donors (Lipinski definition) is 2. The molecule has 6 nitrogen and oxygen atoms in total. The fourth-order valence-corrected chi connectivity index (χ4v) is 4.13. The monoisotopic (exact) mass is 325 g/mol. The average Bonchev–Trinajstić information content (AvgIpc) is 2.37. The van der Waals surface area contributed by atoms with E-state index in [9.17, 15) is 9.59 Å². The molecule has 23 heavy (non-hydrogen) atoms. The van der Waals surface area contributed by atoms with E-state index in [1.807, 2.05) is 16.7 Å². The summed E-state index contributed by atoms with van der Waals surface area (Å²) < 4.78 is 0. The second-order valence-corrected chi connectivity index (χ2v) is 8.08. The Hall–Kier alpha value is -1.30. The van der Waals surface area contributed by atoms with Gasteiger partial charge in [-0.3, -0.25) is 9.69 Å². The Bertz CT molecular complexity index is 446. The Labute approximate surface area is 139 Å². The molecule has 1 atom stereocenters. The van der Waals surface area contributed by atoms with E-state index in [0.717, 1.165) is 38.9 Å². The smallest absolute Gasteiger partial charge is 0.317 e. The zero-order valence-electron chi connectivity index (χ0n) is 14.8. The van der Waals surface area contributed by atoms with Crippen LogP contribution in [-0.2, 0) is 4.79 Å². The minimum absolute atomic E-state index is 0.0364. The summed E-state index contributed by atoms with van der Waals surface area (Å²) in [5, 5.41) is 12.0. The molecular weight excluding hydrogens is 294 g/mol. The van der Waals surface area contributed by atoms with Gasteiger partial charge in [-0.15, -0.1) is 0 Å². The van der Waals surface area contributed by atoms with Crippen molar-refractivity contribution in [2.45, 2.75) is 59.0 Å². The number of piperidine rings is 1. The van der Waals surface area contributed by atoms with Gasteiger partial charge in [0.15, 0.2) is 0 Å². The lowest BCUT2D eigenvalue weighted by Crippen LogP contribution is -2.58. The number of aliphatic carboxylic acids is 1. The third-order valence-electron chi connectivity index (χ3n) is 5.04. The van der Waals surface area contributed by atoms with Crippen LogP contribution in [0.4, 0.5) is 4.79 Å². The van der Waals surface area contributed by atoms with E-state index in [2.05, 4.69) is 26.1 Å². The second-order valence-electron chi connectivity index (χ2n) is 8.08. The first-order valence-corrected chi connectivity index (χ1v) is 8.71. The van der Waals surface area contributed by atoms with Crippen molar-refractivity contribution in [1.82, 2.24) is 15.1 Å². The third-order valence-corrected chi connectivity index (χ3v) is 5.04. The zero-order valence-corrected chi connectivity index (χ0v) is 14.8. The summed E-state index contributed by atoms with van der Waals surface area (Å²) in [6.45, 7) is 11.1. The highest BCUT2D eigenvalue weighted by molar-refractivity contribution is 5.75. The van der Waals surface area contributed by atoms with Crippen LogP contribution in [0.3, 0.4) is 0 Å². The second kappa shape index (κ2) is 7.07. The number of nitrogens with zero attached hydrogens (tertiary/aromatic N) is 2. The van der Waals surface area contributed by atoms with Crippen molar-refractivity contribution in [1.29, 1.82) is 0 Å². The molecule has 6 heteroatoms. The van der Waals surface area contributed by atoms with Crippen LogP contribution in [-0.4, -0.2) is 65.2 Å². The van der Waals surface area contributed by atoms with Crippen molar-refractivity contribution in [2.75, 3.05) is 26.2 Å². The van der Waals surface area contributed by atoms with Gasteiger partial charge in [-0.2, -0.15) is 0 Å². The highest BCUT2D eigenvalue weighted by Gasteiger charge is 2.37. The van der Waals surface area contributed by atoms with E-state index in [1.165, 1.54) is 0 Å². The average molecular weight is 325 g/mol. The van der Waals surface area contributed by atoms with Crippen molar-refractivity contribution in [3.05, 3.63) is 0 Å². The quantitative estimate of drug-likeness (QED) is 0.811. The number of carboxylic acid groups (broad SMARTS) is 1. The molecule has 0 bridgehead atoms. The molecule has 1 saturated heterocycles.